The summed E-state index contributed by atoms with van der Waals surface area (Å²) in [7, 11) is 0. The number of anilines is 1. The average molecular weight is 245 g/mol. The Kier molecular flexibility index (Phi) is 1.48. The average Bonchev–Trinajstić information content (AvgIpc) is 2.27. The maximum atomic E-state index is 3.36. The number of para-hydroxylation sites is 1. The van der Waals surface area contributed by atoms with Gasteiger partial charge >= 0.3 is 0 Å². The van der Waals surface area contributed by atoms with Crippen molar-refractivity contribution in [2.24, 2.45) is 0 Å². The fraction of sp³-hybridized carbons (Fsp3) is 0.125. The van der Waals surface area contributed by atoms with Crippen LogP contribution in [-0.4, -0.2) is 3.63 Å². The molecule has 0 atom stereocenters. The first kappa shape index (κ1) is 6.34. The van der Waals surface area contributed by atoms with Crippen molar-refractivity contribution in [3.8, 4) is 0 Å². The van der Waals surface area contributed by atoms with E-state index >= 15 is 0 Å². The summed E-state index contributed by atoms with van der Waals surface area (Å²) in [5.41, 5.74) is 1.33. The molecule has 52 valence electrons. The molecule has 0 radical (unpaired) electrons. The van der Waals surface area contributed by atoms with Crippen LogP contribution in [0.4, 0.5) is 5.69 Å². The van der Waals surface area contributed by atoms with Crippen LogP contribution >= 0.6 is 20.7 Å². The zero-order valence-electron chi connectivity index (χ0n) is 5.69. The van der Waals surface area contributed by atoms with Crippen molar-refractivity contribution >= 4 is 30.1 Å². The van der Waals surface area contributed by atoms with Crippen molar-refractivity contribution in [3.63, 3.8) is 0 Å². The van der Waals surface area contributed by atoms with Gasteiger partial charge in [-0.1, -0.05) is 32.9 Å². The van der Waals surface area contributed by atoms with E-state index in [4.69, 9.17) is 0 Å². The van der Waals surface area contributed by atoms with E-state index < -0.39 is 0 Å². The molecule has 1 aliphatic rings. The lowest BCUT2D eigenvalue weighted by molar-refractivity contribution is 1.60. The van der Waals surface area contributed by atoms with Crippen LogP contribution < -0.4 is 5.32 Å². The Balaban J connectivity index is 2.54. The number of hydrogen-bond acceptors (Lipinski definition) is 1. The number of halogens is 1. The van der Waals surface area contributed by atoms with Gasteiger partial charge in [0.1, 0.15) is 0 Å². The lowest BCUT2D eigenvalue weighted by atomic mass is 10.3. The highest BCUT2D eigenvalue weighted by molar-refractivity contribution is 14.2. The maximum absolute atomic E-state index is 3.36. The van der Waals surface area contributed by atoms with Gasteiger partial charge in [0.15, 0.2) is 0 Å². The summed E-state index contributed by atoms with van der Waals surface area (Å²) in [6.07, 6.45) is 0. The number of hydrogen-bond donors (Lipinski definition) is 1. The predicted octanol–water partition coefficient (Wildman–Crippen LogP) is 2.40. The lowest BCUT2D eigenvalue weighted by Gasteiger charge is -1.96. The van der Waals surface area contributed by atoms with E-state index in [1.165, 1.54) is 12.9 Å². The minimum absolute atomic E-state index is 0.165. The summed E-state index contributed by atoms with van der Waals surface area (Å²) in [5, 5.41) is 3.36. The number of fused-ring (bicyclic) bond motifs is 1. The van der Waals surface area contributed by atoms with Crippen molar-refractivity contribution in [2.45, 2.75) is 6.92 Å². The van der Waals surface area contributed by atoms with Crippen molar-refractivity contribution in [2.75, 3.05) is 5.32 Å². The van der Waals surface area contributed by atoms with Crippen LogP contribution in [0, 0.1) is 3.57 Å². The van der Waals surface area contributed by atoms with Crippen LogP contribution in [-0.2, 0) is 0 Å². The molecule has 1 aromatic rings. The Labute approximate surface area is 70.2 Å². The quantitative estimate of drug-likeness (QED) is 0.692. The Morgan fingerprint density at radius 3 is 2.90 bits per heavy atom. The molecule has 0 aliphatic carbocycles. The molecule has 2 rings (SSSR count). The van der Waals surface area contributed by atoms with Gasteiger partial charge in [0.25, 0.3) is 0 Å². The van der Waals surface area contributed by atoms with Gasteiger partial charge in [-0.3, -0.25) is 0 Å². The molecule has 1 aromatic carbocycles. The third-order valence-electron chi connectivity index (χ3n) is 1.42. The minimum Gasteiger partial charge on any atom is -0.354 e. The zero-order chi connectivity index (χ0) is 6.97. The Morgan fingerprint density at radius 1 is 1.30 bits per heavy atom. The summed E-state index contributed by atoms with van der Waals surface area (Å²) in [6, 6.07) is 8.55. The molecule has 0 saturated heterocycles. The van der Waals surface area contributed by atoms with Crippen molar-refractivity contribution < 1.29 is 0 Å². The standard InChI is InChI=1S/C8H8IN/c1-6-9-7-4-2-3-5-8(7)10-6/h2-5,10H,1H3. The molecule has 0 fully saturated rings. The molecule has 2 heteroatoms. The van der Waals surface area contributed by atoms with E-state index in [2.05, 4.69) is 36.5 Å². The third-order valence-corrected chi connectivity index (χ3v) is 4.02. The largest absolute Gasteiger partial charge is 0.354 e. The van der Waals surface area contributed by atoms with E-state index in [1.54, 1.807) is 0 Å². The second kappa shape index (κ2) is 2.34. The summed E-state index contributed by atoms with van der Waals surface area (Å²) in [5.74, 6) is 0. The number of benzene rings is 1. The lowest BCUT2D eigenvalue weighted by Crippen LogP contribution is -1.98. The molecule has 0 amide bonds. The molecule has 1 heterocycles. The molecule has 0 spiro atoms. The highest BCUT2D eigenvalue weighted by atomic mass is 127. The van der Waals surface area contributed by atoms with Crippen molar-refractivity contribution in [1.29, 1.82) is 0 Å². The first-order valence-corrected chi connectivity index (χ1v) is 5.36. The molecular formula is C8H8IN. The second-order valence-electron chi connectivity index (χ2n) is 2.23. The fourth-order valence-corrected chi connectivity index (χ4v) is 3.30. The first-order valence-electron chi connectivity index (χ1n) is 3.21. The van der Waals surface area contributed by atoms with Gasteiger partial charge in [0, 0.05) is 7.20 Å². The van der Waals surface area contributed by atoms with Gasteiger partial charge in [0.2, 0.25) is 0 Å². The molecule has 10 heavy (non-hydrogen) atoms. The predicted molar refractivity (Wildman–Crippen MR) is 53.5 cm³/mol. The highest BCUT2D eigenvalue weighted by Gasteiger charge is 2.06. The third kappa shape index (κ3) is 0.963. The second-order valence-corrected chi connectivity index (χ2v) is 5.55. The smallest absolute Gasteiger partial charge is 0.0517 e. The Hall–Kier alpha value is -0.380. The van der Waals surface area contributed by atoms with E-state index in [0.717, 1.165) is 0 Å². The summed E-state index contributed by atoms with van der Waals surface area (Å²) < 4.78 is 2.99. The van der Waals surface area contributed by atoms with Gasteiger partial charge in [-0.15, -0.1) is 0 Å². The number of rotatable bonds is 0. The molecule has 0 unspecified atom stereocenters. The summed E-state index contributed by atoms with van der Waals surface area (Å²) in [4.78, 5) is 0. The van der Waals surface area contributed by atoms with Gasteiger partial charge in [0.05, 0.1) is 5.69 Å². The molecule has 1 nitrogen and oxygen atoms in total. The zero-order valence-corrected chi connectivity index (χ0v) is 7.84. The topological polar surface area (TPSA) is 12.0 Å². The van der Waals surface area contributed by atoms with E-state index in [0.29, 0.717) is 0 Å². The van der Waals surface area contributed by atoms with Crippen molar-refractivity contribution in [3.05, 3.63) is 27.8 Å². The normalized spacial score (nSPS) is 14.7. The Morgan fingerprint density at radius 2 is 2.10 bits per heavy atom. The summed E-state index contributed by atoms with van der Waals surface area (Å²) in [6.45, 7) is 2.17. The SMILES string of the molecule is CC1=Ic2ccccc2N1. The molecule has 0 aromatic heterocycles. The highest BCUT2D eigenvalue weighted by Crippen LogP contribution is 2.28. The van der Waals surface area contributed by atoms with Gasteiger partial charge < -0.3 is 5.32 Å². The Bertz CT molecular complexity index is 291. The van der Waals surface area contributed by atoms with E-state index in [-0.39, 0.29) is 20.7 Å². The van der Waals surface area contributed by atoms with E-state index in [1.807, 2.05) is 0 Å². The molecular weight excluding hydrogens is 237 g/mol. The molecule has 0 saturated carbocycles. The molecule has 1 N–H and O–H groups in total. The fourth-order valence-electron chi connectivity index (χ4n) is 1.01. The minimum atomic E-state index is 0.165. The molecule has 0 bridgehead atoms. The first-order chi connectivity index (χ1) is 4.86. The monoisotopic (exact) mass is 245 g/mol. The van der Waals surface area contributed by atoms with Crippen LogP contribution in [0.5, 0.6) is 0 Å². The van der Waals surface area contributed by atoms with Crippen LogP contribution in [0.2, 0.25) is 0 Å². The molecule has 1 aliphatic heterocycles. The van der Waals surface area contributed by atoms with Gasteiger partial charge in [-0.05, 0) is 19.1 Å². The number of nitrogens with one attached hydrogen (secondary N) is 1. The van der Waals surface area contributed by atoms with Crippen molar-refractivity contribution in [1.82, 2.24) is 0 Å². The van der Waals surface area contributed by atoms with Crippen LogP contribution in [0.3, 0.4) is 0 Å². The van der Waals surface area contributed by atoms with Crippen LogP contribution in [0.25, 0.3) is 0 Å². The van der Waals surface area contributed by atoms with Crippen LogP contribution in [0.1, 0.15) is 6.92 Å². The maximum Gasteiger partial charge on any atom is 0.0517 e. The van der Waals surface area contributed by atoms with Gasteiger partial charge in [-0.25, -0.2) is 0 Å². The van der Waals surface area contributed by atoms with E-state index in [9.17, 15) is 0 Å². The van der Waals surface area contributed by atoms with Crippen LogP contribution in [0.15, 0.2) is 24.3 Å². The van der Waals surface area contributed by atoms with Gasteiger partial charge in [-0.2, -0.15) is 0 Å². The summed E-state index contributed by atoms with van der Waals surface area (Å²) >= 11 is 0.165.